The average molecular weight is 437 g/mol. The van der Waals surface area contributed by atoms with E-state index in [0.717, 1.165) is 5.56 Å². The highest BCUT2D eigenvalue weighted by molar-refractivity contribution is 6.04. The third-order valence-corrected chi connectivity index (χ3v) is 5.16. The second-order valence-electron chi connectivity index (χ2n) is 8.03. The first-order valence-corrected chi connectivity index (χ1v) is 10.5. The van der Waals surface area contributed by atoms with Crippen LogP contribution in [-0.2, 0) is 20.9 Å². The maximum atomic E-state index is 12.6. The van der Waals surface area contributed by atoms with Gasteiger partial charge in [-0.15, -0.1) is 0 Å². The number of anilines is 1. The SMILES string of the molecule is CC(=O)Oc1cccc(C(=O)Nc2cccc(CNC(=O)C3CC(=O)N(C(C)C)C3)c2)c1. The molecule has 1 heterocycles. The Morgan fingerprint density at radius 2 is 1.88 bits per heavy atom. The van der Waals surface area contributed by atoms with Crippen LogP contribution in [0.15, 0.2) is 48.5 Å². The molecule has 8 heteroatoms. The lowest BCUT2D eigenvalue weighted by atomic mass is 10.1. The Labute approximate surface area is 186 Å². The quantitative estimate of drug-likeness (QED) is 0.512. The van der Waals surface area contributed by atoms with Crippen LogP contribution in [0, 0.1) is 5.92 Å². The summed E-state index contributed by atoms with van der Waals surface area (Å²) in [5, 5.41) is 5.68. The van der Waals surface area contributed by atoms with Crippen LogP contribution in [0.3, 0.4) is 0 Å². The smallest absolute Gasteiger partial charge is 0.308 e. The number of esters is 1. The molecular formula is C24H27N3O5. The maximum absolute atomic E-state index is 12.6. The predicted octanol–water partition coefficient (Wildman–Crippen LogP) is 2.74. The van der Waals surface area contributed by atoms with Crippen molar-refractivity contribution in [3.63, 3.8) is 0 Å². The van der Waals surface area contributed by atoms with Gasteiger partial charge in [0.15, 0.2) is 0 Å². The van der Waals surface area contributed by atoms with Gasteiger partial charge in [-0.2, -0.15) is 0 Å². The number of amides is 3. The Balaban J connectivity index is 1.58. The molecule has 0 aliphatic carbocycles. The van der Waals surface area contributed by atoms with E-state index >= 15 is 0 Å². The van der Waals surface area contributed by atoms with Gasteiger partial charge >= 0.3 is 5.97 Å². The Hall–Kier alpha value is -3.68. The molecule has 2 aromatic carbocycles. The molecule has 8 nitrogen and oxygen atoms in total. The number of hydrogen-bond acceptors (Lipinski definition) is 5. The first-order chi connectivity index (χ1) is 15.2. The molecule has 0 aromatic heterocycles. The summed E-state index contributed by atoms with van der Waals surface area (Å²) in [6, 6.07) is 13.6. The number of likely N-dealkylation sites (tertiary alicyclic amines) is 1. The van der Waals surface area contributed by atoms with Gasteiger partial charge in [0.2, 0.25) is 11.8 Å². The third kappa shape index (κ3) is 5.94. The number of ether oxygens (including phenoxy) is 1. The molecule has 2 aromatic rings. The fraction of sp³-hybridized carbons (Fsp3) is 0.333. The summed E-state index contributed by atoms with van der Waals surface area (Å²) in [4.78, 5) is 49.9. The van der Waals surface area contributed by atoms with Gasteiger partial charge in [-0.25, -0.2) is 0 Å². The largest absolute Gasteiger partial charge is 0.427 e. The van der Waals surface area contributed by atoms with Crippen molar-refractivity contribution >= 4 is 29.4 Å². The summed E-state index contributed by atoms with van der Waals surface area (Å²) in [5.74, 6) is -1.02. The van der Waals surface area contributed by atoms with E-state index in [1.54, 1.807) is 41.3 Å². The van der Waals surface area contributed by atoms with E-state index in [0.29, 0.717) is 23.5 Å². The van der Waals surface area contributed by atoms with E-state index in [1.807, 2.05) is 19.9 Å². The molecule has 0 bridgehead atoms. The van der Waals surface area contributed by atoms with Crippen molar-refractivity contribution in [2.75, 3.05) is 11.9 Å². The zero-order chi connectivity index (χ0) is 23.3. The van der Waals surface area contributed by atoms with Crippen LogP contribution in [0.2, 0.25) is 0 Å². The molecule has 0 spiro atoms. The van der Waals surface area contributed by atoms with Crippen LogP contribution in [0.25, 0.3) is 0 Å². The lowest BCUT2D eigenvalue weighted by Crippen LogP contribution is -2.35. The summed E-state index contributed by atoms with van der Waals surface area (Å²) in [5.41, 5.74) is 1.74. The molecule has 1 aliphatic heterocycles. The number of carbonyl (C=O) groups is 4. The zero-order valence-corrected chi connectivity index (χ0v) is 18.4. The lowest BCUT2D eigenvalue weighted by molar-refractivity contribution is -0.132. The van der Waals surface area contributed by atoms with E-state index in [9.17, 15) is 19.2 Å². The molecule has 1 unspecified atom stereocenters. The van der Waals surface area contributed by atoms with E-state index in [2.05, 4.69) is 10.6 Å². The van der Waals surface area contributed by atoms with Gasteiger partial charge in [0.25, 0.3) is 5.91 Å². The van der Waals surface area contributed by atoms with Crippen LogP contribution in [0.1, 0.15) is 43.1 Å². The van der Waals surface area contributed by atoms with E-state index in [-0.39, 0.29) is 42.6 Å². The van der Waals surface area contributed by atoms with Gasteiger partial charge in [-0.05, 0) is 49.7 Å². The molecule has 2 N–H and O–H groups in total. The molecule has 0 saturated carbocycles. The van der Waals surface area contributed by atoms with Crippen molar-refractivity contribution in [1.82, 2.24) is 10.2 Å². The number of nitrogens with zero attached hydrogens (tertiary/aromatic N) is 1. The average Bonchev–Trinajstić information content (AvgIpc) is 3.14. The lowest BCUT2D eigenvalue weighted by Gasteiger charge is -2.20. The van der Waals surface area contributed by atoms with Crippen LogP contribution in [0.5, 0.6) is 5.75 Å². The fourth-order valence-electron chi connectivity index (χ4n) is 3.57. The van der Waals surface area contributed by atoms with Gasteiger partial charge in [0.05, 0.1) is 5.92 Å². The molecule has 1 saturated heterocycles. The van der Waals surface area contributed by atoms with Gasteiger partial charge < -0.3 is 20.3 Å². The van der Waals surface area contributed by atoms with Gasteiger partial charge in [0.1, 0.15) is 5.75 Å². The van der Waals surface area contributed by atoms with E-state index in [4.69, 9.17) is 4.74 Å². The van der Waals surface area contributed by atoms with Crippen molar-refractivity contribution in [2.45, 2.75) is 39.8 Å². The second-order valence-corrected chi connectivity index (χ2v) is 8.03. The fourth-order valence-corrected chi connectivity index (χ4v) is 3.57. The van der Waals surface area contributed by atoms with Crippen molar-refractivity contribution in [2.24, 2.45) is 5.92 Å². The second kappa shape index (κ2) is 10.1. The van der Waals surface area contributed by atoms with Crippen molar-refractivity contribution in [3.8, 4) is 5.75 Å². The van der Waals surface area contributed by atoms with Gasteiger partial charge in [0, 0.05) is 43.7 Å². The summed E-state index contributed by atoms with van der Waals surface area (Å²) in [6.45, 7) is 5.89. The number of carbonyl (C=O) groups excluding carboxylic acids is 4. The summed E-state index contributed by atoms with van der Waals surface area (Å²) in [7, 11) is 0. The topological polar surface area (TPSA) is 105 Å². The molecule has 168 valence electrons. The van der Waals surface area contributed by atoms with Crippen LogP contribution in [-0.4, -0.2) is 41.2 Å². The number of benzene rings is 2. The van der Waals surface area contributed by atoms with Crippen LogP contribution < -0.4 is 15.4 Å². The zero-order valence-electron chi connectivity index (χ0n) is 18.4. The normalized spacial score (nSPS) is 15.6. The van der Waals surface area contributed by atoms with Gasteiger partial charge in [-0.1, -0.05) is 18.2 Å². The van der Waals surface area contributed by atoms with Crippen molar-refractivity contribution < 1.29 is 23.9 Å². The van der Waals surface area contributed by atoms with E-state index in [1.165, 1.54) is 13.0 Å². The minimum absolute atomic E-state index is 0.00244. The Morgan fingerprint density at radius 1 is 1.12 bits per heavy atom. The summed E-state index contributed by atoms with van der Waals surface area (Å²) < 4.78 is 5.01. The maximum Gasteiger partial charge on any atom is 0.308 e. The minimum atomic E-state index is -0.462. The molecule has 32 heavy (non-hydrogen) atoms. The highest BCUT2D eigenvalue weighted by Crippen LogP contribution is 2.21. The van der Waals surface area contributed by atoms with Gasteiger partial charge in [-0.3, -0.25) is 19.2 Å². The summed E-state index contributed by atoms with van der Waals surface area (Å²) >= 11 is 0. The molecule has 1 atom stereocenters. The predicted molar refractivity (Wildman–Crippen MR) is 119 cm³/mol. The van der Waals surface area contributed by atoms with Crippen LogP contribution >= 0.6 is 0 Å². The Morgan fingerprint density at radius 3 is 2.56 bits per heavy atom. The monoisotopic (exact) mass is 437 g/mol. The third-order valence-electron chi connectivity index (χ3n) is 5.16. The molecule has 3 rings (SSSR count). The highest BCUT2D eigenvalue weighted by Gasteiger charge is 2.35. The molecule has 1 aliphatic rings. The molecule has 1 fully saturated rings. The summed E-state index contributed by atoms with van der Waals surface area (Å²) in [6.07, 6.45) is 0.229. The minimum Gasteiger partial charge on any atom is -0.427 e. The standard InChI is InChI=1S/C24H27N3O5/c1-15(2)27-14-19(12-22(27)29)23(30)25-13-17-6-4-8-20(10-17)26-24(31)18-7-5-9-21(11-18)32-16(3)28/h4-11,15,19H,12-14H2,1-3H3,(H,25,30)(H,26,31). The Bertz CT molecular complexity index is 1030. The molecular weight excluding hydrogens is 410 g/mol. The van der Waals surface area contributed by atoms with E-state index < -0.39 is 5.97 Å². The molecule has 0 radical (unpaired) electrons. The number of nitrogens with one attached hydrogen (secondary N) is 2. The number of rotatable bonds is 7. The Kier molecular flexibility index (Phi) is 7.25. The first kappa shape index (κ1) is 23.0. The molecule has 3 amide bonds. The van der Waals surface area contributed by atoms with Crippen molar-refractivity contribution in [3.05, 3.63) is 59.7 Å². The first-order valence-electron chi connectivity index (χ1n) is 10.5. The highest BCUT2D eigenvalue weighted by atomic mass is 16.5. The van der Waals surface area contributed by atoms with Crippen molar-refractivity contribution in [1.29, 1.82) is 0 Å². The number of hydrogen-bond donors (Lipinski definition) is 2. The van der Waals surface area contributed by atoms with Crippen LogP contribution in [0.4, 0.5) is 5.69 Å².